The lowest BCUT2D eigenvalue weighted by molar-refractivity contribution is -0.109. The van der Waals surface area contributed by atoms with Crippen LogP contribution in [0, 0.1) is 0 Å². The zero-order chi connectivity index (χ0) is 5.33. The topological polar surface area (TPSA) is 37.3 Å². The fraction of sp³-hybridized carbons (Fsp3) is 0.800. The summed E-state index contributed by atoms with van der Waals surface area (Å²) in [5, 5.41) is 8.90. The maximum Gasteiger partial charge on any atom is 0.122 e. The molecule has 1 saturated carbocycles. The summed E-state index contributed by atoms with van der Waals surface area (Å²) >= 11 is 0. The van der Waals surface area contributed by atoms with E-state index in [4.69, 9.17) is 5.11 Å². The van der Waals surface area contributed by atoms with Crippen molar-refractivity contribution >= 4 is 6.29 Å². The molecule has 1 N–H and O–H groups in total. The van der Waals surface area contributed by atoms with Crippen molar-refractivity contribution in [2.75, 3.05) is 0 Å². The molecule has 0 aromatic heterocycles. The molecule has 0 spiro atoms. The average molecular weight is 100 g/mol. The van der Waals surface area contributed by atoms with E-state index in [1.54, 1.807) is 0 Å². The van der Waals surface area contributed by atoms with Crippen molar-refractivity contribution in [3.05, 3.63) is 0 Å². The minimum absolute atomic E-state index is 0.326. The second kappa shape index (κ2) is 1.30. The van der Waals surface area contributed by atoms with E-state index in [2.05, 4.69) is 0 Å². The first kappa shape index (κ1) is 4.78. The molecule has 1 rings (SSSR count). The van der Waals surface area contributed by atoms with Gasteiger partial charge in [0.05, 0.1) is 5.60 Å². The molecule has 7 heavy (non-hydrogen) atoms. The smallest absolute Gasteiger partial charge is 0.122 e. The molecule has 0 atom stereocenters. The fourth-order valence-corrected chi connectivity index (χ4v) is 0.504. The number of hydrogen-bond acceptors (Lipinski definition) is 2. The Morgan fingerprint density at radius 1 is 1.71 bits per heavy atom. The van der Waals surface area contributed by atoms with Gasteiger partial charge in [0.25, 0.3) is 0 Å². The van der Waals surface area contributed by atoms with Gasteiger partial charge in [0.2, 0.25) is 0 Å². The molecular formula is C5H8O2. The molecule has 0 aromatic rings. The van der Waals surface area contributed by atoms with Crippen LogP contribution in [-0.2, 0) is 4.79 Å². The zero-order valence-corrected chi connectivity index (χ0v) is 4.05. The van der Waals surface area contributed by atoms with Crippen molar-refractivity contribution < 1.29 is 9.90 Å². The van der Waals surface area contributed by atoms with Crippen molar-refractivity contribution in [1.82, 2.24) is 0 Å². The highest BCUT2D eigenvalue weighted by Gasteiger charge is 2.39. The molecule has 40 valence electrons. The number of aldehydes is 1. The number of aliphatic hydroxyl groups is 1. The number of hydrogen-bond donors (Lipinski definition) is 1. The molecule has 0 unspecified atom stereocenters. The molecule has 0 amide bonds. The number of rotatable bonds is 2. The van der Waals surface area contributed by atoms with Crippen molar-refractivity contribution in [2.24, 2.45) is 0 Å². The van der Waals surface area contributed by atoms with Crippen LogP contribution in [0.3, 0.4) is 0 Å². The van der Waals surface area contributed by atoms with Crippen molar-refractivity contribution in [2.45, 2.75) is 24.9 Å². The highest BCUT2D eigenvalue weighted by atomic mass is 16.3. The Hall–Kier alpha value is -0.370. The van der Waals surface area contributed by atoms with E-state index in [1.807, 2.05) is 0 Å². The Kier molecular flexibility index (Phi) is 0.889. The summed E-state index contributed by atoms with van der Waals surface area (Å²) in [6.45, 7) is 0. The quantitative estimate of drug-likeness (QED) is 0.500. The van der Waals surface area contributed by atoms with Gasteiger partial charge in [0.15, 0.2) is 0 Å². The summed E-state index contributed by atoms with van der Waals surface area (Å²) < 4.78 is 0. The lowest BCUT2D eigenvalue weighted by Crippen LogP contribution is -2.05. The fourth-order valence-electron chi connectivity index (χ4n) is 0.504. The Morgan fingerprint density at radius 2 is 2.29 bits per heavy atom. The molecule has 1 aliphatic carbocycles. The van der Waals surface area contributed by atoms with Crippen LogP contribution in [0.2, 0.25) is 0 Å². The lowest BCUT2D eigenvalue weighted by Gasteiger charge is -1.95. The second-order valence-electron chi connectivity index (χ2n) is 2.10. The van der Waals surface area contributed by atoms with Gasteiger partial charge in [-0.1, -0.05) is 0 Å². The molecule has 1 fully saturated rings. The van der Waals surface area contributed by atoms with Crippen LogP contribution in [0.15, 0.2) is 0 Å². The van der Waals surface area contributed by atoms with Crippen molar-refractivity contribution in [3.63, 3.8) is 0 Å². The Balaban J connectivity index is 2.25. The average Bonchev–Trinajstić information content (AvgIpc) is 2.22. The Bertz CT molecular complexity index is 84.1. The van der Waals surface area contributed by atoms with Crippen LogP contribution in [0.4, 0.5) is 0 Å². The monoisotopic (exact) mass is 100 g/mol. The van der Waals surface area contributed by atoms with E-state index in [1.165, 1.54) is 0 Å². The maximum atomic E-state index is 9.70. The molecule has 0 bridgehead atoms. The molecule has 1 aliphatic rings. The van der Waals surface area contributed by atoms with E-state index >= 15 is 0 Å². The predicted molar refractivity (Wildman–Crippen MR) is 24.9 cm³/mol. The summed E-state index contributed by atoms with van der Waals surface area (Å²) in [6.07, 6.45) is 2.72. The number of carbonyl (C=O) groups is 1. The number of carbonyl (C=O) groups excluding carboxylic acids is 1. The molecule has 2 heteroatoms. The van der Waals surface area contributed by atoms with Crippen molar-refractivity contribution in [3.8, 4) is 0 Å². The van der Waals surface area contributed by atoms with Gasteiger partial charge in [-0.2, -0.15) is 0 Å². The normalized spacial score (nSPS) is 24.1. The molecule has 2 nitrogen and oxygen atoms in total. The third kappa shape index (κ3) is 0.996. The minimum atomic E-state index is -0.568. The first-order chi connectivity index (χ1) is 3.27. The second-order valence-corrected chi connectivity index (χ2v) is 2.10. The van der Waals surface area contributed by atoms with Crippen LogP contribution in [0.1, 0.15) is 19.3 Å². The van der Waals surface area contributed by atoms with E-state index in [-0.39, 0.29) is 0 Å². The minimum Gasteiger partial charge on any atom is -0.389 e. The van der Waals surface area contributed by atoms with E-state index < -0.39 is 5.60 Å². The van der Waals surface area contributed by atoms with Gasteiger partial charge in [0.1, 0.15) is 6.29 Å². The Morgan fingerprint density at radius 3 is 2.43 bits per heavy atom. The molecule has 0 saturated heterocycles. The SMILES string of the molecule is O=CCC1(O)CC1. The molecular weight excluding hydrogens is 92.1 g/mol. The van der Waals surface area contributed by atoms with Gasteiger partial charge >= 0.3 is 0 Å². The largest absolute Gasteiger partial charge is 0.389 e. The van der Waals surface area contributed by atoms with Crippen molar-refractivity contribution in [1.29, 1.82) is 0 Å². The summed E-state index contributed by atoms with van der Waals surface area (Å²) in [5.41, 5.74) is -0.568. The first-order valence-corrected chi connectivity index (χ1v) is 2.43. The van der Waals surface area contributed by atoms with Crippen LogP contribution >= 0.6 is 0 Å². The van der Waals surface area contributed by atoms with Crippen LogP contribution in [-0.4, -0.2) is 17.0 Å². The van der Waals surface area contributed by atoms with Gasteiger partial charge in [0, 0.05) is 6.42 Å². The van der Waals surface area contributed by atoms with Crippen LogP contribution in [0.5, 0.6) is 0 Å². The van der Waals surface area contributed by atoms with Crippen LogP contribution < -0.4 is 0 Å². The van der Waals surface area contributed by atoms with Gasteiger partial charge in [-0.05, 0) is 12.8 Å². The first-order valence-electron chi connectivity index (χ1n) is 2.43. The highest BCUT2D eigenvalue weighted by Crippen LogP contribution is 2.37. The summed E-state index contributed by atoms with van der Waals surface area (Å²) in [7, 11) is 0. The van der Waals surface area contributed by atoms with Crippen LogP contribution in [0.25, 0.3) is 0 Å². The third-order valence-corrected chi connectivity index (χ3v) is 1.29. The third-order valence-electron chi connectivity index (χ3n) is 1.29. The van der Waals surface area contributed by atoms with Gasteiger partial charge in [-0.3, -0.25) is 0 Å². The maximum absolute atomic E-state index is 9.70. The molecule has 0 aliphatic heterocycles. The highest BCUT2D eigenvalue weighted by molar-refractivity contribution is 5.52. The molecule has 0 radical (unpaired) electrons. The summed E-state index contributed by atoms with van der Waals surface area (Å²) in [6, 6.07) is 0. The molecule has 0 aromatic carbocycles. The van der Waals surface area contributed by atoms with E-state index in [0.717, 1.165) is 19.1 Å². The predicted octanol–water partition coefficient (Wildman–Crippen LogP) is 0.100. The standard InChI is InChI=1S/C5H8O2/c6-4-3-5(7)1-2-5/h4,7H,1-3H2. The molecule has 0 heterocycles. The summed E-state index contributed by atoms with van der Waals surface area (Å²) in [4.78, 5) is 9.70. The van der Waals surface area contributed by atoms with E-state index in [0.29, 0.717) is 6.42 Å². The van der Waals surface area contributed by atoms with Gasteiger partial charge < -0.3 is 9.90 Å². The lowest BCUT2D eigenvalue weighted by atomic mass is 10.3. The summed E-state index contributed by atoms with van der Waals surface area (Å²) in [5.74, 6) is 0. The van der Waals surface area contributed by atoms with Gasteiger partial charge in [-0.15, -0.1) is 0 Å². The Labute approximate surface area is 42.1 Å². The zero-order valence-electron chi connectivity index (χ0n) is 4.05. The van der Waals surface area contributed by atoms with E-state index in [9.17, 15) is 4.79 Å². The van der Waals surface area contributed by atoms with Gasteiger partial charge in [-0.25, -0.2) is 0 Å².